The van der Waals surface area contributed by atoms with Gasteiger partial charge in [-0.15, -0.1) is 0 Å². The average molecular weight is 479 g/mol. The molecule has 0 spiro atoms. The van der Waals surface area contributed by atoms with Gasteiger partial charge in [0.1, 0.15) is 6.04 Å². The molecule has 1 unspecified atom stereocenters. The molecule has 2 amide bonds. The molecule has 2 aromatic rings. The van der Waals surface area contributed by atoms with E-state index in [2.05, 4.69) is 10.6 Å². The highest BCUT2D eigenvalue weighted by Gasteiger charge is 2.30. The molecule has 0 aliphatic carbocycles. The van der Waals surface area contributed by atoms with Gasteiger partial charge >= 0.3 is 6.18 Å². The van der Waals surface area contributed by atoms with Crippen LogP contribution < -0.4 is 10.6 Å². The van der Waals surface area contributed by atoms with Crippen molar-refractivity contribution in [1.82, 2.24) is 10.6 Å². The number of hydrogen-bond acceptors (Lipinski definition) is 3. The molecule has 162 valence electrons. The quantitative estimate of drug-likeness (QED) is 0.549. The van der Waals surface area contributed by atoms with E-state index in [0.29, 0.717) is 22.8 Å². The number of halogens is 5. The van der Waals surface area contributed by atoms with Crippen LogP contribution in [0, 0.1) is 0 Å². The van der Waals surface area contributed by atoms with E-state index in [-0.39, 0.29) is 17.1 Å². The van der Waals surface area contributed by atoms with Gasteiger partial charge in [0.05, 0.1) is 16.1 Å². The third-order valence-corrected chi connectivity index (χ3v) is 5.35. The first kappa shape index (κ1) is 24.4. The number of amides is 2. The standard InChI is InChI=1S/C20H19Cl2F3N2O2S/c1-30-9-8-17(27-18(28)15-7-6-14(21)10-16(15)22)19(29)26-11-12-2-4-13(5-3-12)20(23,24)25/h2-7,10,17H,8-9,11H2,1H3,(H,26,29)(H,27,28). The van der Waals surface area contributed by atoms with Crippen molar-refractivity contribution < 1.29 is 22.8 Å². The van der Waals surface area contributed by atoms with Gasteiger partial charge in [-0.05, 0) is 54.3 Å². The molecular weight excluding hydrogens is 460 g/mol. The Morgan fingerprint density at radius 1 is 1.10 bits per heavy atom. The van der Waals surface area contributed by atoms with E-state index in [1.807, 2.05) is 6.26 Å². The maximum absolute atomic E-state index is 12.6. The van der Waals surface area contributed by atoms with Crippen molar-refractivity contribution >= 4 is 46.8 Å². The number of carbonyl (C=O) groups is 2. The van der Waals surface area contributed by atoms with E-state index < -0.39 is 29.6 Å². The lowest BCUT2D eigenvalue weighted by molar-refractivity contribution is -0.137. The Hall–Kier alpha value is -1.90. The third kappa shape index (κ3) is 7.11. The van der Waals surface area contributed by atoms with Crippen molar-refractivity contribution in [2.45, 2.75) is 25.2 Å². The molecule has 10 heteroatoms. The monoisotopic (exact) mass is 478 g/mol. The molecule has 30 heavy (non-hydrogen) atoms. The highest BCUT2D eigenvalue weighted by atomic mass is 35.5. The summed E-state index contributed by atoms with van der Waals surface area (Å²) in [5, 5.41) is 5.84. The molecule has 0 heterocycles. The summed E-state index contributed by atoms with van der Waals surface area (Å²) in [6, 6.07) is 8.09. The zero-order valence-electron chi connectivity index (χ0n) is 15.9. The van der Waals surface area contributed by atoms with Crippen molar-refractivity contribution in [2.24, 2.45) is 0 Å². The van der Waals surface area contributed by atoms with E-state index in [9.17, 15) is 22.8 Å². The molecule has 2 aromatic carbocycles. The Morgan fingerprint density at radius 2 is 1.77 bits per heavy atom. The largest absolute Gasteiger partial charge is 0.416 e. The zero-order valence-corrected chi connectivity index (χ0v) is 18.2. The van der Waals surface area contributed by atoms with Gasteiger partial charge < -0.3 is 10.6 Å². The summed E-state index contributed by atoms with van der Waals surface area (Å²) < 4.78 is 37.9. The van der Waals surface area contributed by atoms with E-state index in [1.54, 1.807) is 0 Å². The van der Waals surface area contributed by atoms with Crippen LogP contribution in [0.25, 0.3) is 0 Å². The average Bonchev–Trinajstić information content (AvgIpc) is 2.68. The molecule has 0 aliphatic heterocycles. The van der Waals surface area contributed by atoms with E-state index >= 15 is 0 Å². The molecule has 0 saturated heterocycles. The van der Waals surface area contributed by atoms with E-state index in [1.165, 1.54) is 42.1 Å². The van der Waals surface area contributed by atoms with Gasteiger partial charge in [0.25, 0.3) is 5.91 Å². The smallest absolute Gasteiger partial charge is 0.350 e. The number of carbonyl (C=O) groups excluding carboxylic acids is 2. The Kier molecular flexibility index (Phi) is 8.88. The van der Waals surface area contributed by atoms with Gasteiger partial charge in [-0.25, -0.2) is 0 Å². The van der Waals surface area contributed by atoms with Gasteiger partial charge in [-0.2, -0.15) is 24.9 Å². The fraction of sp³-hybridized carbons (Fsp3) is 0.300. The molecule has 0 aromatic heterocycles. The summed E-state index contributed by atoms with van der Waals surface area (Å²) >= 11 is 13.4. The Balaban J connectivity index is 2.03. The minimum atomic E-state index is -4.42. The molecule has 1 atom stereocenters. The normalized spacial score (nSPS) is 12.3. The molecular formula is C20H19Cl2F3N2O2S. The third-order valence-electron chi connectivity index (χ3n) is 4.16. The number of nitrogens with one attached hydrogen (secondary N) is 2. The zero-order chi connectivity index (χ0) is 22.3. The van der Waals surface area contributed by atoms with Crippen LogP contribution in [-0.2, 0) is 17.5 Å². The van der Waals surface area contributed by atoms with Gasteiger partial charge in [-0.3, -0.25) is 9.59 Å². The Morgan fingerprint density at radius 3 is 2.33 bits per heavy atom. The summed E-state index contributed by atoms with van der Waals surface area (Å²) in [6.45, 7) is 0.0321. The number of hydrogen-bond donors (Lipinski definition) is 2. The van der Waals surface area contributed by atoms with Gasteiger partial charge in [0.15, 0.2) is 0 Å². The second-order valence-corrected chi connectivity index (χ2v) is 8.17. The fourth-order valence-electron chi connectivity index (χ4n) is 2.54. The molecule has 0 bridgehead atoms. The summed E-state index contributed by atoms with van der Waals surface area (Å²) in [5.41, 5.74) is -0.0691. The molecule has 0 aliphatic rings. The lowest BCUT2D eigenvalue weighted by Crippen LogP contribution is -2.47. The number of alkyl halides is 3. The number of thioether (sulfide) groups is 1. The minimum absolute atomic E-state index is 0.0321. The van der Waals surface area contributed by atoms with E-state index in [0.717, 1.165) is 12.1 Å². The second kappa shape index (κ2) is 10.9. The van der Waals surface area contributed by atoms with Crippen molar-refractivity contribution in [1.29, 1.82) is 0 Å². The summed E-state index contributed by atoms with van der Waals surface area (Å²) in [6.07, 6.45) is -2.18. The maximum atomic E-state index is 12.6. The minimum Gasteiger partial charge on any atom is -0.350 e. The molecule has 4 nitrogen and oxygen atoms in total. The molecule has 0 radical (unpaired) electrons. The predicted octanol–water partition coefficient (Wildman–Crippen LogP) is 5.18. The Labute approximate surface area is 186 Å². The van der Waals surface area contributed by atoms with Crippen LogP contribution >= 0.6 is 35.0 Å². The second-order valence-electron chi connectivity index (χ2n) is 6.34. The predicted molar refractivity (Wildman–Crippen MR) is 114 cm³/mol. The van der Waals surface area contributed by atoms with E-state index in [4.69, 9.17) is 23.2 Å². The number of benzene rings is 2. The van der Waals surface area contributed by atoms with Crippen molar-refractivity contribution in [2.75, 3.05) is 12.0 Å². The molecule has 0 saturated carbocycles. The topological polar surface area (TPSA) is 58.2 Å². The lowest BCUT2D eigenvalue weighted by Gasteiger charge is -2.19. The molecule has 0 fully saturated rings. The van der Waals surface area contributed by atoms with Crippen LogP contribution in [0.1, 0.15) is 27.9 Å². The van der Waals surface area contributed by atoms with Crippen molar-refractivity contribution in [3.63, 3.8) is 0 Å². The highest BCUT2D eigenvalue weighted by Crippen LogP contribution is 2.29. The van der Waals surface area contributed by atoms with Gasteiger partial charge in [-0.1, -0.05) is 35.3 Å². The van der Waals surface area contributed by atoms with Crippen LogP contribution in [-0.4, -0.2) is 29.9 Å². The first-order valence-corrected chi connectivity index (χ1v) is 11.0. The first-order chi connectivity index (χ1) is 14.1. The van der Waals surface area contributed by atoms with Crippen LogP contribution in [0.15, 0.2) is 42.5 Å². The first-order valence-electron chi connectivity index (χ1n) is 8.80. The summed E-state index contributed by atoms with van der Waals surface area (Å²) in [4.78, 5) is 25.1. The summed E-state index contributed by atoms with van der Waals surface area (Å²) in [5.74, 6) is -0.345. The van der Waals surface area contributed by atoms with Crippen molar-refractivity contribution in [3.05, 3.63) is 69.2 Å². The highest BCUT2D eigenvalue weighted by molar-refractivity contribution is 7.98. The molecule has 2 rings (SSSR count). The van der Waals surface area contributed by atoms with Crippen LogP contribution in [0.5, 0.6) is 0 Å². The maximum Gasteiger partial charge on any atom is 0.416 e. The number of rotatable bonds is 8. The van der Waals surface area contributed by atoms with Crippen LogP contribution in [0.3, 0.4) is 0 Å². The van der Waals surface area contributed by atoms with Crippen LogP contribution in [0.4, 0.5) is 13.2 Å². The van der Waals surface area contributed by atoms with Gasteiger partial charge in [0, 0.05) is 11.6 Å². The SMILES string of the molecule is CSCCC(NC(=O)c1ccc(Cl)cc1Cl)C(=O)NCc1ccc(C(F)(F)F)cc1. The van der Waals surface area contributed by atoms with Crippen molar-refractivity contribution in [3.8, 4) is 0 Å². The summed E-state index contributed by atoms with van der Waals surface area (Å²) in [7, 11) is 0. The Bertz CT molecular complexity index is 893. The lowest BCUT2D eigenvalue weighted by atomic mass is 10.1. The fourth-order valence-corrected chi connectivity index (χ4v) is 3.50. The van der Waals surface area contributed by atoms with Gasteiger partial charge in [0.2, 0.25) is 5.91 Å². The van der Waals surface area contributed by atoms with Crippen LogP contribution in [0.2, 0.25) is 10.0 Å². The molecule has 2 N–H and O–H groups in total.